The van der Waals surface area contributed by atoms with Crippen molar-refractivity contribution in [2.75, 3.05) is 19.8 Å². The SMILES string of the molecule is CCCCCCCC[n+]1ccn(C(CC)[Si](OCC)(OCC)OCC)c1.F[P-](F)(F)(F)(F)F. The van der Waals surface area contributed by atoms with E-state index < -0.39 is 16.6 Å². The summed E-state index contributed by atoms with van der Waals surface area (Å²) in [6.07, 6.45) is 15.4. The van der Waals surface area contributed by atoms with E-state index in [1.54, 1.807) is 0 Å². The summed E-state index contributed by atoms with van der Waals surface area (Å²) in [5, 5.41) is 0. The Morgan fingerprint density at radius 1 is 0.788 bits per heavy atom. The number of nitrogens with zero attached hydrogens (tertiary/aromatic N) is 2. The zero-order chi connectivity index (χ0) is 25.7. The summed E-state index contributed by atoms with van der Waals surface area (Å²) in [6, 6.07) is 0. The molecule has 33 heavy (non-hydrogen) atoms. The van der Waals surface area contributed by atoms with Gasteiger partial charge in [-0.2, -0.15) is 0 Å². The molecule has 1 heterocycles. The standard InChI is InChI=1S/C20H41N2O3Si.F6P/c1-6-11-12-13-14-15-16-21-17-18-22(19-21)20(7-2)26(23-8-3,24-9-4)25-10-5;1-7(2,3,4,5)6/h17-20H,6-16H2,1-5H3;/q+1;-1. The molecule has 0 aromatic carbocycles. The summed E-state index contributed by atoms with van der Waals surface area (Å²) < 4.78 is 82.1. The second-order valence-corrected chi connectivity index (χ2v) is 12.3. The van der Waals surface area contributed by atoms with Crippen molar-refractivity contribution in [1.82, 2.24) is 4.57 Å². The maximum absolute atomic E-state index is 10.7. The van der Waals surface area contributed by atoms with Crippen LogP contribution >= 0.6 is 7.81 Å². The van der Waals surface area contributed by atoms with Crippen LogP contribution in [0.4, 0.5) is 25.2 Å². The molecule has 1 rings (SSSR count). The molecule has 1 aromatic rings. The summed E-state index contributed by atoms with van der Waals surface area (Å²) in [5.74, 6) is 0. The predicted molar refractivity (Wildman–Crippen MR) is 122 cm³/mol. The first-order valence-electron chi connectivity index (χ1n) is 11.7. The quantitative estimate of drug-likeness (QED) is 0.0713. The molecule has 0 aliphatic heterocycles. The molecule has 1 atom stereocenters. The first-order valence-corrected chi connectivity index (χ1v) is 15.5. The number of halogens is 6. The molecule has 5 nitrogen and oxygen atoms in total. The van der Waals surface area contributed by atoms with E-state index in [2.05, 4.69) is 41.7 Å². The van der Waals surface area contributed by atoms with Crippen molar-refractivity contribution < 1.29 is 43.0 Å². The fraction of sp³-hybridized carbons (Fsp3) is 0.850. The molecule has 0 aliphatic rings. The molecule has 0 bridgehead atoms. The molecule has 0 spiro atoms. The second-order valence-electron chi connectivity index (χ2n) is 7.65. The summed E-state index contributed by atoms with van der Waals surface area (Å²) in [7, 11) is -13.4. The molecule has 1 unspecified atom stereocenters. The average Bonchev–Trinajstić information content (AvgIpc) is 3.12. The van der Waals surface area contributed by atoms with E-state index in [1.807, 2.05) is 20.8 Å². The van der Waals surface area contributed by atoms with Gasteiger partial charge in [0.1, 0.15) is 12.4 Å². The van der Waals surface area contributed by atoms with Crippen LogP contribution in [0.2, 0.25) is 0 Å². The normalized spacial score (nSPS) is 15.4. The van der Waals surface area contributed by atoms with Gasteiger partial charge in [-0.3, -0.25) is 0 Å². The van der Waals surface area contributed by atoms with Gasteiger partial charge in [-0.15, -0.1) is 0 Å². The van der Waals surface area contributed by atoms with Crippen LogP contribution in [0, 0.1) is 0 Å². The van der Waals surface area contributed by atoms with Crippen molar-refractivity contribution in [1.29, 1.82) is 0 Å². The van der Waals surface area contributed by atoms with Crippen molar-refractivity contribution in [3.05, 3.63) is 18.7 Å². The Bertz CT molecular complexity index is 633. The Balaban J connectivity index is 0.00000126. The van der Waals surface area contributed by atoms with Gasteiger partial charge in [0.05, 0.1) is 6.54 Å². The molecule has 0 amide bonds. The third-order valence-corrected chi connectivity index (χ3v) is 8.27. The van der Waals surface area contributed by atoms with E-state index in [0.29, 0.717) is 19.8 Å². The van der Waals surface area contributed by atoms with Crippen LogP contribution in [-0.4, -0.2) is 33.2 Å². The van der Waals surface area contributed by atoms with Gasteiger partial charge in [0.15, 0.2) is 5.67 Å². The Hall–Kier alpha value is -0.683. The third kappa shape index (κ3) is 16.6. The fourth-order valence-corrected chi connectivity index (χ4v) is 6.51. The van der Waals surface area contributed by atoms with Crippen LogP contribution in [0.25, 0.3) is 0 Å². The Kier molecular flexibility index (Phi) is 13.1. The molecule has 0 saturated heterocycles. The first-order chi connectivity index (χ1) is 15.1. The fourth-order valence-electron chi connectivity index (χ4n) is 3.46. The zero-order valence-electron chi connectivity index (χ0n) is 20.4. The Morgan fingerprint density at radius 3 is 1.67 bits per heavy atom. The number of imidazole rings is 1. The van der Waals surface area contributed by atoms with Crippen molar-refractivity contribution in [3.63, 3.8) is 0 Å². The summed E-state index contributed by atoms with van der Waals surface area (Å²) in [4.78, 5) is 0. The van der Waals surface area contributed by atoms with E-state index in [9.17, 15) is 25.2 Å². The molecule has 0 saturated carbocycles. The van der Waals surface area contributed by atoms with E-state index in [4.69, 9.17) is 13.3 Å². The van der Waals surface area contributed by atoms with Crippen LogP contribution in [0.5, 0.6) is 0 Å². The molecule has 0 fully saturated rings. The molecule has 13 heteroatoms. The number of unbranched alkanes of at least 4 members (excludes halogenated alkanes) is 5. The molecule has 200 valence electrons. The van der Waals surface area contributed by atoms with Gasteiger partial charge >= 0.3 is 41.8 Å². The minimum absolute atomic E-state index is 0.119. The molecular formula is C20H41F6N2O3PSi. The van der Waals surface area contributed by atoms with Gasteiger partial charge in [0.25, 0.3) is 0 Å². The van der Waals surface area contributed by atoms with Gasteiger partial charge < -0.3 is 13.3 Å². The van der Waals surface area contributed by atoms with Crippen LogP contribution < -0.4 is 4.57 Å². The van der Waals surface area contributed by atoms with Crippen LogP contribution in [0.15, 0.2) is 18.7 Å². The first kappa shape index (κ1) is 32.3. The number of hydrogen-bond acceptors (Lipinski definition) is 3. The number of aryl methyl sites for hydroxylation is 1. The zero-order valence-corrected chi connectivity index (χ0v) is 22.3. The van der Waals surface area contributed by atoms with E-state index in [1.165, 1.54) is 38.5 Å². The summed E-state index contributed by atoms with van der Waals surface area (Å²) >= 11 is 0. The van der Waals surface area contributed by atoms with Gasteiger partial charge in [0.2, 0.25) is 6.33 Å². The molecule has 0 N–H and O–H groups in total. The van der Waals surface area contributed by atoms with Crippen molar-refractivity contribution in [3.8, 4) is 0 Å². The monoisotopic (exact) mass is 530 g/mol. The summed E-state index contributed by atoms with van der Waals surface area (Å²) in [6.45, 7) is 13.4. The number of rotatable bonds is 16. The second kappa shape index (κ2) is 13.4. The number of aromatic nitrogens is 2. The minimum atomic E-state index is -10.7. The average molecular weight is 531 g/mol. The van der Waals surface area contributed by atoms with Crippen molar-refractivity contribution in [2.45, 2.75) is 91.8 Å². The number of hydrogen-bond donors (Lipinski definition) is 0. The summed E-state index contributed by atoms with van der Waals surface area (Å²) in [5.41, 5.74) is 0.119. The Labute approximate surface area is 195 Å². The third-order valence-electron chi connectivity index (χ3n) is 4.67. The molecule has 0 radical (unpaired) electrons. The van der Waals surface area contributed by atoms with E-state index >= 15 is 0 Å². The van der Waals surface area contributed by atoms with Gasteiger partial charge in [-0.1, -0.05) is 39.5 Å². The maximum atomic E-state index is 9.87. The molecule has 1 aromatic heterocycles. The van der Waals surface area contributed by atoms with Crippen LogP contribution in [0.1, 0.15) is 85.2 Å². The molecular weight excluding hydrogens is 489 g/mol. The topological polar surface area (TPSA) is 36.5 Å². The van der Waals surface area contributed by atoms with Gasteiger partial charge in [-0.05, 0) is 40.0 Å². The van der Waals surface area contributed by atoms with Crippen molar-refractivity contribution >= 4 is 16.6 Å². The van der Waals surface area contributed by atoms with Gasteiger partial charge in [0, 0.05) is 19.8 Å². The van der Waals surface area contributed by atoms with Crippen molar-refractivity contribution in [2.24, 2.45) is 0 Å². The van der Waals surface area contributed by atoms with Crippen LogP contribution in [0.3, 0.4) is 0 Å². The molecule has 0 aliphatic carbocycles. The van der Waals surface area contributed by atoms with Gasteiger partial charge in [-0.25, -0.2) is 9.13 Å². The predicted octanol–water partition coefficient (Wildman–Crippen LogP) is 8.06. The van der Waals surface area contributed by atoms with Crippen LogP contribution in [-0.2, 0) is 19.8 Å². The Morgan fingerprint density at radius 2 is 1.24 bits per heavy atom. The van der Waals surface area contributed by atoms with E-state index in [-0.39, 0.29) is 5.67 Å². The van der Waals surface area contributed by atoms with E-state index in [0.717, 1.165) is 13.0 Å².